The van der Waals surface area contributed by atoms with Crippen LogP contribution >= 0.6 is 11.6 Å². The zero-order valence-electron chi connectivity index (χ0n) is 12.5. The standard InChI is InChI=1S/C16H13ClN4O2/c1-10-12(8-18)16(23)21(2)14(17)13(10)9-19-20-15(22)11-6-4-3-5-7-11/h3-7,9H,1-2H3,(H,20,22)/b19-9+. The third kappa shape index (κ3) is 3.30. The molecule has 1 amide bonds. The summed E-state index contributed by atoms with van der Waals surface area (Å²) in [5.41, 5.74) is 3.18. The van der Waals surface area contributed by atoms with E-state index in [1.54, 1.807) is 37.3 Å². The van der Waals surface area contributed by atoms with Gasteiger partial charge in [-0.05, 0) is 24.6 Å². The molecular weight excluding hydrogens is 316 g/mol. The number of halogens is 1. The Hall–Kier alpha value is -2.91. The highest BCUT2D eigenvalue weighted by Gasteiger charge is 2.15. The van der Waals surface area contributed by atoms with Crippen molar-refractivity contribution in [2.45, 2.75) is 6.92 Å². The molecule has 1 aromatic carbocycles. The van der Waals surface area contributed by atoms with E-state index >= 15 is 0 Å². The number of nitriles is 1. The van der Waals surface area contributed by atoms with E-state index in [9.17, 15) is 9.59 Å². The van der Waals surface area contributed by atoms with E-state index in [1.165, 1.54) is 13.3 Å². The van der Waals surface area contributed by atoms with Gasteiger partial charge in [0.05, 0.1) is 6.21 Å². The number of hydrazone groups is 1. The molecule has 116 valence electrons. The molecule has 1 heterocycles. The van der Waals surface area contributed by atoms with Crippen LogP contribution in [0.3, 0.4) is 0 Å². The quantitative estimate of drug-likeness (QED) is 0.531. The van der Waals surface area contributed by atoms with Crippen molar-refractivity contribution in [2.75, 3.05) is 0 Å². The van der Waals surface area contributed by atoms with Gasteiger partial charge < -0.3 is 4.57 Å². The van der Waals surface area contributed by atoms with Crippen molar-refractivity contribution >= 4 is 23.7 Å². The van der Waals surface area contributed by atoms with Gasteiger partial charge in [0.25, 0.3) is 11.5 Å². The second kappa shape index (κ2) is 6.90. The molecule has 0 atom stereocenters. The van der Waals surface area contributed by atoms with Crippen molar-refractivity contribution in [3.05, 3.63) is 68.1 Å². The Kier molecular flexibility index (Phi) is 4.94. The average Bonchev–Trinajstić information content (AvgIpc) is 2.57. The molecule has 0 saturated heterocycles. The number of rotatable bonds is 3. The second-order valence-electron chi connectivity index (χ2n) is 4.75. The van der Waals surface area contributed by atoms with Crippen LogP contribution < -0.4 is 11.0 Å². The number of benzene rings is 1. The number of nitrogens with zero attached hydrogens (tertiary/aromatic N) is 3. The molecule has 23 heavy (non-hydrogen) atoms. The number of carbonyl (C=O) groups excluding carboxylic acids is 1. The van der Waals surface area contributed by atoms with Crippen LogP contribution in [-0.4, -0.2) is 16.7 Å². The van der Waals surface area contributed by atoms with Gasteiger partial charge in [-0.1, -0.05) is 29.8 Å². The molecule has 0 radical (unpaired) electrons. The number of hydrogen-bond acceptors (Lipinski definition) is 4. The Morgan fingerprint density at radius 1 is 1.39 bits per heavy atom. The summed E-state index contributed by atoms with van der Waals surface area (Å²) in [5, 5.41) is 13.1. The molecular formula is C16H13ClN4O2. The predicted molar refractivity (Wildman–Crippen MR) is 87.6 cm³/mol. The highest BCUT2D eigenvalue weighted by Crippen LogP contribution is 2.17. The first kappa shape index (κ1) is 16.5. The zero-order chi connectivity index (χ0) is 17.0. The first-order valence-electron chi connectivity index (χ1n) is 6.65. The maximum atomic E-state index is 11.9. The summed E-state index contributed by atoms with van der Waals surface area (Å²) in [7, 11) is 1.46. The molecule has 2 rings (SSSR count). The Morgan fingerprint density at radius 2 is 2.04 bits per heavy atom. The van der Waals surface area contributed by atoms with Crippen molar-refractivity contribution in [1.29, 1.82) is 5.26 Å². The van der Waals surface area contributed by atoms with E-state index in [0.29, 0.717) is 16.7 Å². The van der Waals surface area contributed by atoms with Crippen molar-refractivity contribution < 1.29 is 4.79 Å². The number of pyridine rings is 1. The first-order chi connectivity index (χ1) is 11.0. The molecule has 1 aromatic heterocycles. The molecule has 0 spiro atoms. The molecule has 0 aliphatic carbocycles. The molecule has 0 aliphatic rings. The fourth-order valence-electron chi connectivity index (χ4n) is 1.98. The van der Waals surface area contributed by atoms with Crippen LogP contribution in [0.5, 0.6) is 0 Å². The number of carbonyl (C=O) groups is 1. The van der Waals surface area contributed by atoms with Crippen LogP contribution in [0.2, 0.25) is 5.15 Å². The van der Waals surface area contributed by atoms with Crippen molar-refractivity contribution in [2.24, 2.45) is 12.1 Å². The lowest BCUT2D eigenvalue weighted by Crippen LogP contribution is -2.24. The van der Waals surface area contributed by atoms with Crippen LogP contribution in [0.25, 0.3) is 0 Å². The molecule has 0 saturated carbocycles. The summed E-state index contributed by atoms with van der Waals surface area (Å²) in [6.07, 6.45) is 1.32. The van der Waals surface area contributed by atoms with Gasteiger partial charge in [-0.15, -0.1) is 0 Å². The Balaban J connectivity index is 2.31. The van der Waals surface area contributed by atoms with Gasteiger partial charge in [0.1, 0.15) is 16.8 Å². The van der Waals surface area contributed by atoms with E-state index < -0.39 is 5.56 Å². The zero-order valence-corrected chi connectivity index (χ0v) is 13.3. The number of hydrogen-bond donors (Lipinski definition) is 1. The molecule has 0 unspecified atom stereocenters. The highest BCUT2D eigenvalue weighted by molar-refractivity contribution is 6.32. The third-order valence-electron chi connectivity index (χ3n) is 3.32. The lowest BCUT2D eigenvalue weighted by Gasteiger charge is -2.09. The van der Waals surface area contributed by atoms with Gasteiger partial charge in [-0.25, -0.2) is 5.43 Å². The van der Waals surface area contributed by atoms with Crippen LogP contribution in [0, 0.1) is 18.3 Å². The van der Waals surface area contributed by atoms with Crippen molar-refractivity contribution in [3.63, 3.8) is 0 Å². The summed E-state index contributed by atoms with van der Waals surface area (Å²) in [5.74, 6) is -0.374. The molecule has 0 aliphatic heterocycles. The van der Waals surface area contributed by atoms with E-state index in [1.807, 2.05) is 6.07 Å². The van der Waals surface area contributed by atoms with Gasteiger partial charge in [0.2, 0.25) is 0 Å². The minimum absolute atomic E-state index is 0.00673. The lowest BCUT2D eigenvalue weighted by atomic mass is 10.1. The monoisotopic (exact) mass is 328 g/mol. The van der Waals surface area contributed by atoms with E-state index in [2.05, 4.69) is 10.5 Å². The fraction of sp³-hybridized carbons (Fsp3) is 0.125. The van der Waals surface area contributed by atoms with E-state index in [4.69, 9.17) is 16.9 Å². The largest absolute Gasteiger partial charge is 0.301 e. The lowest BCUT2D eigenvalue weighted by molar-refractivity contribution is 0.0955. The normalized spacial score (nSPS) is 10.5. The minimum atomic E-state index is -0.472. The van der Waals surface area contributed by atoms with Gasteiger partial charge in [-0.3, -0.25) is 9.59 Å². The highest BCUT2D eigenvalue weighted by atomic mass is 35.5. The van der Waals surface area contributed by atoms with Crippen LogP contribution in [-0.2, 0) is 7.05 Å². The first-order valence-corrected chi connectivity index (χ1v) is 7.02. The van der Waals surface area contributed by atoms with Gasteiger partial charge >= 0.3 is 0 Å². The Labute approximate surface area is 137 Å². The summed E-state index contributed by atoms with van der Waals surface area (Å²) >= 11 is 6.11. The Bertz CT molecular complexity index is 880. The van der Waals surface area contributed by atoms with Crippen LogP contribution in [0.1, 0.15) is 27.0 Å². The number of aromatic nitrogens is 1. The fourth-order valence-corrected chi connectivity index (χ4v) is 2.25. The molecule has 0 fully saturated rings. The second-order valence-corrected chi connectivity index (χ2v) is 5.10. The maximum Gasteiger partial charge on any atom is 0.271 e. The van der Waals surface area contributed by atoms with E-state index in [-0.39, 0.29) is 16.6 Å². The maximum absolute atomic E-state index is 11.9. The third-order valence-corrected chi connectivity index (χ3v) is 3.78. The van der Waals surface area contributed by atoms with Gasteiger partial charge in [-0.2, -0.15) is 10.4 Å². The van der Waals surface area contributed by atoms with E-state index in [0.717, 1.165) is 4.57 Å². The number of nitrogens with one attached hydrogen (secondary N) is 1. The smallest absolute Gasteiger partial charge is 0.271 e. The molecule has 1 N–H and O–H groups in total. The molecule has 0 bridgehead atoms. The summed E-state index contributed by atoms with van der Waals surface area (Å²) in [6, 6.07) is 10.5. The predicted octanol–water partition coefficient (Wildman–Crippen LogP) is 1.98. The average molecular weight is 329 g/mol. The summed E-state index contributed by atoms with van der Waals surface area (Å²) < 4.78 is 1.16. The van der Waals surface area contributed by atoms with Crippen molar-refractivity contribution in [3.8, 4) is 6.07 Å². The molecule has 2 aromatic rings. The molecule has 6 nitrogen and oxygen atoms in total. The van der Waals surface area contributed by atoms with Gasteiger partial charge in [0.15, 0.2) is 0 Å². The minimum Gasteiger partial charge on any atom is -0.301 e. The van der Waals surface area contributed by atoms with Crippen LogP contribution in [0.4, 0.5) is 0 Å². The summed E-state index contributed by atoms with van der Waals surface area (Å²) in [6.45, 7) is 1.60. The molecule has 7 heteroatoms. The van der Waals surface area contributed by atoms with Crippen LogP contribution in [0.15, 0.2) is 40.2 Å². The topological polar surface area (TPSA) is 87.2 Å². The van der Waals surface area contributed by atoms with Crippen molar-refractivity contribution in [1.82, 2.24) is 9.99 Å². The number of amides is 1. The van der Waals surface area contributed by atoms with Gasteiger partial charge in [0, 0.05) is 18.2 Å². The Morgan fingerprint density at radius 3 is 2.65 bits per heavy atom. The SMILES string of the molecule is Cc1c(/C=N/NC(=O)c2ccccc2)c(Cl)n(C)c(=O)c1C#N. The summed E-state index contributed by atoms with van der Waals surface area (Å²) in [4.78, 5) is 23.8.